The minimum Gasteiger partial charge on any atom is -0.371 e. The summed E-state index contributed by atoms with van der Waals surface area (Å²) in [6.07, 6.45) is -2.27. The van der Waals surface area contributed by atoms with Crippen LogP contribution in [0.3, 0.4) is 0 Å². The van der Waals surface area contributed by atoms with Crippen molar-refractivity contribution < 1.29 is 22.7 Å². The number of benzene rings is 1. The second-order valence-electron chi connectivity index (χ2n) is 8.14. The van der Waals surface area contributed by atoms with E-state index >= 15 is 0 Å². The lowest BCUT2D eigenvalue weighted by Gasteiger charge is -2.33. The van der Waals surface area contributed by atoms with Crippen LogP contribution in [0.1, 0.15) is 34.0 Å². The number of primary amides is 1. The van der Waals surface area contributed by atoms with E-state index in [-0.39, 0.29) is 6.10 Å². The summed E-state index contributed by atoms with van der Waals surface area (Å²) >= 11 is 1.58. The Hall–Kier alpha value is -2.96. The number of rotatable bonds is 8. The van der Waals surface area contributed by atoms with Gasteiger partial charge in [-0.05, 0) is 42.8 Å². The van der Waals surface area contributed by atoms with E-state index in [4.69, 9.17) is 10.5 Å². The molecular formula is C23H25F3N6O2S. The van der Waals surface area contributed by atoms with Crippen molar-refractivity contribution in [1.82, 2.24) is 24.6 Å². The van der Waals surface area contributed by atoms with Crippen molar-refractivity contribution >= 4 is 17.7 Å². The van der Waals surface area contributed by atoms with Crippen LogP contribution in [0.25, 0.3) is 11.5 Å². The lowest BCUT2D eigenvalue weighted by Crippen LogP contribution is -2.39. The highest BCUT2D eigenvalue weighted by molar-refractivity contribution is 7.99. The molecule has 35 heavy (non-hydrogen) atoms. The van der Waals surface area contributed by atoms with Gasteiger partial charge >= 0.3 is 6.18 Å². The number of alkyl halides is 3. The number of amides is 1. The molecule has 1 atom stereocenters. The van der Waals surface area contributed by atoms with Crippen LogP contribution in [0.15, 0.2) is 47.8 Å². The van der Waals surface area contributed by atoms with Crippen molar-refractivity contribution in [2.75, 3.05) is 32.0 Å². The molecule has 186 valence electrons. The van der Waals surface area contributed by atoms with Crippen LogP contribution >= 0.6 is 11.8 Å². The summed E-state index contributed by atoms with van der Waals surface area (Å²) < 4.78 is 46.1. The van der Waals surface area contributed by atoms with Gasteiger partial charge in [0, 0.05) is 32.1 Å². The maximum absolute atomic E-state index is 12.8. The lowest BCUT2D eigenvalue weighted by molar-refractivity contribution is -0.137. The van der Waals surface area contributed by atoms with Gasteiger partial charge in [0.2, 0.25) is 5.91 Å². The maximum Gasteiger partial charge on any atom is 0.416 e. The molecule has 1 aliphatic heterocycles. The summed E-state index contributed by atoms with van der Waals surface area (Å²) in [4.78, 5) is 17.7. The second-order valence-corrected chi connectivity index (χ2v) is 9.21. The van der Waals surface area contributed by atoms with E-state index in [0.717, 1.165) is 48.1 Å². The van der Waals surface area contributed by atoms with Crippen molar-refractivity contribution in [2.24, 2.45) is 12.8 Å². The number of halogens is 3. The van der Waals surface area contributed by atoms with E-state index in [1.54, 1.807) is 23.9 Å². The highest BCUT2D eigenvalue weighted by Crippen LogP contribution is 2.31. The van der Waals surface area contributed by atoms with Crippen LogP contribution in [0, 0.1) is 0 Å². The Labute approximate surface area is 204 Å². The van der Waals surface area contributed by atoms with Crippen LogP contribution in [0.4, 0.5) is 13.2 Å². The molecule has 0 radical (unpaired) electrons. The normalized spacial score (nSPS) is 17.0. The van der Waals surface area contributed by atoms with Crippen LogP contribution in [0.5, 0.6) is 0 Å². The van der Waals surface area contributed by atoms with Gasteiger partial charge in [-0.1, -0.05) is 23.9 Å². The van der Waals surface area contributed by atoms with Gasteiger partial charge < -0.3 is 15.0 Å². The van der Waals surface area contributed by atoms with Gasteiger partial charge in [0.05, 0.1) is 23.8 Å². The zero-order valence-electron chi connectivity index (χ0n) is 19.0. The third-order valence-corrected chi connectivity index (χ3v) is 6.83. The quantitative estimate of drug-likeness (QED) is 0.369. The molecular weight excluding hydrogens is 481 g/mol. The number of morpholine rings is 1. The summed E-state index contributed by atoms with van der Waals surface area (Å²) in [5.74, 6) is 0.878. The van der Waals surface area contributed by atoms with Gasteiger partial charge in [-0.25, -0.2) is 0 Å². The largest absolute Gasteiger partial charge is 0.416 e. The zero-order chi connectivity index (χ0) is 25.0. The maximum atomic E-state index is 12.8. The number of nitrogens with zero attached hydrogens (tertiary/aromatic N) is 5. The van der Waals surface area contributed by atoms with Crippen molar-refractivity contribution in [1.29, 1.82) is 0 Å². The fourth-order valence-corrected chi connectivity index (χ4v) is 4.62. The molecule has 0 aliphatic carbocycles. The van der Waals surface area contributed by atoms with E-state index in [0.29, 0.717) is 30.2 Å². The van der Waals surface area contributed by atoms with E-state index in [1.807, 2.05) is 11.6 Å². The number of carbonyl (C=O) groups is 1. The predicted octanol–water partition coefficient (Wildman–Crippen LogP) is 3.55. The van der Waals surface area contributed by atoms with Crippen LogP contribution < -0.4 is 5.73 Å². The number of nitrogens with two attached hydrogens (primary N) is 1. The second kappa shape index (κ2) is 10.8. The molecule has 0 saturated carbocycles. The molecule has 1 amide bonds. The van der Waals surface area contributed by atoms with Gasteiger partial charge in [0.25, 0.3) is 0 Å². The molecule has 8 nitrogen and oxygen atoms in total. The molecule has 12 heteroatoms. The minimum atomic E-state index is -4.34. The smallest absolute Gasteiger partial charge is 0.371 e. The molecule has 2 aromatic heterocycles. The number of carbonyl (C=O) groups excluding carboxylic acids is 1. The van der Waals surface area contributed by atoms with Gasteiger partial charge in [-0.3, -0.25) is 14.7 Å². The molecule has 0 bridgehead atoms. The van der Waals surface area contributed by atoms with E-state index in [9.17, 15) is 18.0 Å². The molecule has 1 fully saturated rings. The Kier molecular flexibility index (Phi) is 7.72. The molecule has 1 aliphatic rings. The van der Waals surface area contributed by atoms with Crippen molar-refractivity contribution in [3.05, 3.63) is 59.3 Å². The monoisotopic (exact) mass is 506 g/mol. The summed E-state index contributed by atoms with van der Waals surface area (Å²) in [5, 5.41) is 9.21. The number of pyridine rings is 1. The van der Waals surface area contributed by atoms with E-state index in [1.165, 1.54) is 18.3 Å². The Balaban J connectivity index is 1.26. The lowest BCUT2D eigenvalue weighted by atomic mass is 10.1. The summed E-state index contributed by atoms with van der Waals surface area (Å²) in [6, 6.07) is 8.48. The summed E-state index contributed by atoms with van der Waals surface area (Å²) in [5.41, 5.74) is 6.27. The molecule has 1 unspecified atom stereocenters. The van der Waals surface area contributed by atoms with Crippen LogP contribution in [-0.4, -0.2) is 62.5 Å². The minimum absolute atomic E-state index is 0.242. The van der Waals surface area contributed by atoms with Gasteiger partial charge in [0.1, 0.15) is 5.69 Å². The average molecular weight is 507 g/mol. The molecule has 4 rings (SSSR count). The van der Waals surface area contributed by atoms with Gasteiger partial charge in [0.15, 0.2) is 11.0 Å². The Morgan fingerprint density at radius 1 is 1.20 bits per heavy atom. The third-order valence-electron chi connectivity index (χ3n) is 5.72. The van der Waals surface area contributed by atoms with Crippen LogP contribution in [-0.2, 0) is 18.0 Å². The summed E-state index contributed by atoms with van der Waals surface area (Å²) in [7, 11) is 1.86. The first-order valence-electron chi connectivity index (χ1n) is 11.0. The molecule has 1 aromatic carbocycles. The van der Waals surface area contributed by atoms with Gasteiger partial charge in [-0.2, -0.15) is 13.2 Å². The van der Waals surface area contributed by atoms with E-state index < -0.39 is 17.6 Å². The first-order valence-corrected chi connectivity index (χ1v) is 12.0. The number of hydrogen-bond donors (Lipinski definition) is 1. The fraction of sp³-hybridized carbons (Fsp3) is 0.391. The molecule has 1 saturated heterocycles. The number of ether oxygens (including phenoxy) is 1. The van der Waals surface area contributed by atoms with Crippen LogP contribution in [0.2, 0.25) is 0 Å². The summed E-state index contributed by atoms with van der Waals surface area (Å²) in [6.45, 7) is 2.79. The Morgan fingerprint density at radius 3 is 2.63 bits per heavy atom. The topological polar surface area (TPSA) is 99.2 Å². The number of thioether (sulfide) groups is 1. The first-order chi connectivity index (χ1) is 16.7. The first kappa shape index (κ1) is 25.1. The van der Waals surface area contributed by atoms with Crippen molar-refractivity contribution in [3.63, 3.8) is 0 Å². The predicted molar refractivity (Wildman–Crippen MR) is 125 cm³/mol. The number of hydrogen-bond acceptors (Lipinski definition) is 7. The molecule has 0 spiro atoms. The SMILES string of the molecule is Cn1c(SCCCN2CCOC(c3ccc(C(F)(F)F)cc3)C2)nnc1-c1ccc(C(N)=O)cn1. The Morgan fingerprint density at radius 2 is 1.97 bits per heavy atom. The van der Waals surface area contributed by atoms with Gasteiger partial charge in [-0.15, -0.1) is 10.2 Å². The standard InChI is InChI=1S/C23H25F3N6O2S/c1-31-21(18-8-5-16(13-28-18)20(27)33)29-30-22(31)35-12-2-9-32-10-11-34-19(14-32)15-3-6-17(7-4-15)23(24,25)26/h3-8,13,19H,2,9-12,14H2,1H3,(H2,27,33). The highest BCUT2D eigenvalue weighted by Gasteiger charge is 2.30. The van der Waals surface area contributed by atoms with E-state index in [2.05, 4.69) is 20.1 Å². The number of aromatic nitrogens is 4. The molecule has 3 aromatic rings. The third kappa shape index (κ3) is 6.19. The van der Waals surface area contributed by atoms with Crippen molar-refractivity contribution in [3.8, 4) is 11.5 Å². The van der Waals surface area contributed by atoms with Crippen molar-refractivity contribution in [2.45, 2.75) is 23.9 Å². The molecule has 2 N–H and O–H groups in total. The highest BCUT2D eigenvalue weighted by atomic mass is 32.2. The molecule has 3 heterocycles. The fourth-order valence-electron chi connectivity index (χ4n) is 3.78. The zero-order valence-corrected chi connectivity index (χ0v) is 19.8. The Bertz CT molecular complexity index is 1150. The average Bonchev–Trinajstić information content (AvgIpc) is 3.21.